The second-order valence-corrected chi connectivity index (χ2v) is 6.83. The standard InChI is InChI=1S/C19H18F2N4O2S/c1-12-5-3-4-6-16(12)25-13(2)23-24-19(25)28-11-17(26)22-14-7-9-15(10-8-14)27-18(20)21/h3-10,18H,11H2,1-2H3,(H,22,26). The Morgan fingerprint density at radius 3 is 2.54 bits per heavy atom. The van der Waals surface area contributed by atoms with Gasteiger partial charge in [0.2, 0.25) is 5.91 Å². The number of benzene rings is 2. The highest BCUT2D eigenvalue weighted by Gasteiger charge is 2.15. The average Bonchev–Trinajstić information content (AvgIpc) is 3.02. The van der Waals surface area contributed by atoms with Crippen molar-refractivity contribution in [1.29, 1.82) is 0 Å². The van der Waals surface area contributed by atoms with Crippen molar-refractivity contribution in [2.24, 2.45) is 0 Å². The summed E-state index contributed by atoms with van der Waals surface area (Å²) in [6, 6.07) is 13.6. The van der Waals surface area contributed by atoms with Crippen LogP contribution in [-0.4, -0.2) is 33.0 Å². The molecule has 0 radical (unpaired) electrons. The lowest BCUT2D eigenvalue weighted by atomic mass is 10.2. The number of carbonyl (C=O) groups excluding carboxylic acids is 1. The van der Waals surface area contributed by atoms with Gasteiger partial charge in [-0.25, -0.2) is 0 Å². The Balaban J connectivity index is 1.63. The number of aryl methyl sites for hydroxylation is 2. The molecule has 0 bridgehead atoms. The highest BCUT2D eigenvalue weighted by molar-refractivity contribution is 7.99. The molecule has 1 aromatic heterocycles. The van der Waals surface area contributed by atoms with Crippen LogP contribution in [0.25, 0.3) is 5.69 Å². The highest BCUT2D eigenvalue weighted by Crippen LogP contribution is 2.24. The van der Waals surface area contributed by atoms with Crippen LogP contribution in [0.4, 0.5) is 14.5 Å². The van der Waals surface area contributed by atoms with Crippen LogP contribution in [0.5, 0.6) is 5.75 Å². The maximum atomic E-state index is 12.2. The van der Waals surface area contributed by atoms with Gasteiger partial charge in [0.15, 0.2) is 5.16 Å². The Morgan fingerprint density at radius 2 is 1.86 bits per heavy atom. The number of nitrogens with one attached hydrogen (secondary N) is 1. The maximum absolute atomic E-state index is 12.2. The number of halogens is 2. The van der Waals surface area contributed by atoms with Crippen molar-refractivity contribution in [3.8, 4) is 11.4 Å². The lowest BCUT2D eigenvalue weighted by Gasteiger charge is -2.11. The summed E-state index contributed by atoms with van der Waals surface area (Å²) in [5.74, 6) is 0.639. The van der Waals surface area contributed by atoms with E-state index in [-0.39, 0.29) is 17.4 Å². The van der Waals surface area contributed by atoms with Gasteiger partial charge in [-0.2, -0.15) is 8.78 Å². The first-order chi connectivity index (χ1) is 13.4. The van der Waals surface area contributed by atoms with Crippen LogP contribution in [0, 0.1) is 13.8 Å². The predicted octanol–water partition coefficient (Wildman–Crippen LogP) is 4.22. The van der Waals surface area contributed by atoms with Crippen LogP contribution < -0.4 is 10.1 Å². The molecule has 0 fully saturated rings. The number of carbonyl (C=O) groups is 1. The van der Waals surface area contributed by atoms with Gasteiger partial charge in [-0.15, -0.1) is 10.2 Å². The van der Waals surface area contributed by atoms with E-state index in [2.05, 4.69) is 20.3 Å². The fourth-order valence-corrected chi connectivity index (χ4v) is 3.37. The fraction of sp³-hybridized carbons (Fsp3) is 0.211. The molecule has 0 aliphatic carbocycles. The number of aromatic nitrogens is 3. The Bertz CT molecular complexity index is 961. The van der Waals surface area contributed by atoms with Gasteiger partial charge in [0.1, 0.15) is 11.6 Å². The topological polar surface area (TPSA) is 69.0 Å². The van der Waals surface area contributed by atoms with Crippen molar-refractivity contribution in [3.63, 3.8) is 0 Å². The summed E-state index contributed by atoms with van der Waals surface area (Å²) in [6.07, 6.45) is 0. The van der Waals surface area contributed by atoms with E-state index in [0.29, 0.717) is 10.8 Å². The molecule has 1 N–H and O–H groups in total. The first kappa shape index (κ1) is 19.8. The van der Waals surface area contributed by atoms with Crippen LogP contribution in [0.3, 0.4) is 0 Å². The van der Waals surface area contributed by atoms with Gasteiger partial charge in [-0.3, -0.25) is 9.36 Å². The molecule has 2 aromatic carbocycles. The van der Waals surface area contributed by atoms with E-state index in [4.69, 9.17) is 0 Å². The van der Waals surface area contributed by atoms with E-state index in [1.807, 2.05) is 42.7 Å². The smallest absolute Gasteiger partial charge is 0.387 e. The highest BCUT2D eigenvalue weighted by atomic mass is 32.2. The molecule has 0 aliphatic heterocycles. The molecule has 1 amide bonds. The van der Waals surface area contributed by atoms with E-state index in [1.54, 1.807) is 0 Å². The molecule has 3 aromatic rings. The molecule has 6 nitrogen and oxygen atoms in total. The maximum Gasteiger partial charge on any atom is 0.387 e. The zero-order chi connectivity index (χ0) is 20.1. The van der Waals surface area contributed by atoms with E-state index in [9.17, 15) is 13.6 Å². The van der Waals surface area contributed by atoms with Gasteiger partial charge >= 0.3 is 6.61 Å². The van der Waals surface area contributed by atoms with Crippen LogP contribution in [0.1, 0.15) is 11.4 Å². The molecule has 1 heterocycles. The van der Waals surface area contributed by atoms with E-state index < -0.39 is 6.61 Å². The van der Waals surface area contributed by atoms with Crippen molar-refractivity contribution >= 4 is 23.4 Å². The van der Waals surface area contributed by atoms with Gasteiger partial charge in [-0.05, 0) is 49.7 Å². The SMILES string of the molecule is Cc1ccccc1-n1c(C)nnc1SCC(=O)Nc1ccc(OC(F)F)cc1. The summed E-state index contributed by atoms with van der Waals surface area (Å²) < 4.78 is 30.5. The molecule has 0 atom stereocenters. The number of rotatable bonds is 7. The van der Waals surface area contributed by atoms with Crippen molar-refractivity contribution in [2.45, 2.75) is 25.6 Å². The second kappa shape index (κ2) is 8.83. The third-order valence-corrected chi connectivity index (χ3v) is 4.78. The van der Waals surface area contributed by atoms with Crippen molar-refractivity contribution < 1.29 is 18.3 Å². The van der Waals surface area contributed by atoms with Crippen LogP contribution in [0.15, 0.2) is 53.7 Å². The van der Waals surface area contributed by atoms with Gasteiger partial charge in [-0.1, -0.05) is 30.0 Å². The normalized spacial score (nSPS) is 10.9. The van der Waals surface area contributed by atoms with E-state index >= 15 is 0 Å². The van der Waals surface area contributed by atoms with Crippen LogP contribution in [-0.2, 0) is 4.79 Å². The minimum atomic E-state index is -2.88. The molecule has 0 spiro atoms. The predicted molar refractivity (Wildman–Crippen MR) is 103 cm³/mol. The summed E-state index contributed by atoms with van der Waals surface area (Å²) in [7, 11) is 0. The van der Waals surface area contributed by atoms with Gasteiger partial charge in [0.25, 0.3) is 0 Å². The number of amides is 1. The number of hydrogen-bond acceptors (Lipinski definition) is 5. The molecule has 28 heavy (non-hydrogen) atoms. The molecule has 0 saturated carbocycles. The number of para-hydroxylation sites is 1. The molecule has 9 heteroatoms. The zero-order valence-corrected chi connectivity index (χ0v) is 16.0. The lowest BCUT2D eigenvalue weighted by Crippen LogP contribution is -2.14. The third-order valence-electron chi connectivity index (χ3n) is 3.85. The average molecular weight is 404 g/mol. The summed E-state index contributed by atoms with van der Waals surface area (Å²) >= 11 is 1.26. The fourth-order valence-electron chi connectivity index (χ4n) is 2.57. The quantitative estimate of drug-likeness (QED) is 0.597. The largest absolute Gasteiger partial charge is 0.435 e. The zero-order valence-electron chi connectivity index (χ0n) is 15.2. The van der Waals surface area contributed by atoms with Crippen LogP contribution in [0.2, 0.25) is 0 Å². The molecule has 0 aliphatic rings. The minimum Gasteiger partial charge on any atom is -0.435 e. The Labute approximate surface area is 164 Å². The summed E-state index contributed by atoms with van der Waals surface area (Å²) in [5, 5.41) is 11.6. The van der Waals surface area contributed by atoms with E-state index in [0.717, 1.165) is 17.1 Å². The molecular weight excluding hydrogens is 386 g/mol. The Morgan fingerprint density at radius 1 is 1.14 bits per heavy atom. The van der Waals surface area contributed by atoms with Crippen molar-refractivity contribution in [3.05, 3.63) is 59.9 Å². The number of ether oxygens (including phenoxy) is 1. The molecule has 3 rings (SSSR count). The number of nitrogens with zero attached hydrogens (tertiary/aromatic N) is 3. The second-order valence-electron chi connectivity index (χ2n) is 5.89. The lowest BCUT2D eigenvalue weighted by molar-refractivity contribution is -0.113. The number of alkyl halides is 2. The summed E-state index contributed by atoms with van der Waals surface area (Å²) in [4.78, 5) is 12.2. The molecule has 146 valence electrons. The first-order valence-electron chi connectivity index (χ1n) is 8.39. The van der Waals surface area contributed by atoms with E-state index in [1.165, 1.54) is 36.0 Å². The molecule has 0 saturated heterocycles. The Hall–Kier alpha value is -2.94. The summed E-state index contributed by atoms with van der Waals surface area (Å²) in [6.45, 7) is 0.968. The first-order valence-corrected chi connectivity index (χ1v) is 9.38. The minimum absolute atomic E-state index is 0.0316. The van der Waals surface area contributed by atoms with Gasteiger partial charge in [0.05, 0.1) is 11.4 Å². The van der Waals surface area contributed by atoms with Gasteiger partial charge < -0.3 is 10.1 Å². The Kier molecular flexibility index (Phi) is 6.25. The van der Waals surface area contributed by atoms with Gasteiger partial charge in [0, 0.05) is 5.69 Å². The van der Waals surface area contributed by atoms with Crippen molar-refractivity contribution in [2.75, 3.05) is 11.1 Å². The number of thioether (sulfide) groups is 1. The third kappa shape index (κ3) is 4.86. The van der Waals surface area contributed by atoms with Crippen LogP contribution >= 0.6 is 11.8 Å². The van der Waals surface area contributed by atoms with Crippen molar-refractivity contribution in [1.82, 2.24) is 14.8 Å². The molecule has 0 unspecified atom stereocenters. The molecular formula is C19H18F2N4O2S. The number of anilines is 1. The number of hydrogen-bond donors (Lipinski definition) is 1. The monoisotopic (exact) mass is 404 g/mol. The summed E-state index contributed by atoms with van der Waals surface area (Å²) in [5.41, 5.74) is 2.52.